The first-order valence-corrected chi connectivity index (χ1v) is 8.21. The summed E-state index contributed by atoms with van der Waals surface area (Å²) < 4.78 is 4.64. The fourth-order valence-electron chi connectivity index (χ4n) is 2.61. The fraction of sp³-hybridized carbons (Fsp3) is 0.0455. The molecule has 0 aliphatic heterocycles. The molecule has 0 radical (unpaired) electrons. The Balaban J connectivity index is 1.79. The maximum atomic E-state index is 12.4. The molecule has 3 aromatic rings. The van der Waals surface area contributed by atoms with Gasteiger partial charge in [0.2, 0.25) is 0 Å². The minimum atomic E-state index is -0.496. The van der Waals surface area contributed by atoms with Gasteiger partial charge in [-0.25, -0.2) is 4.79 Å². The number of anilines is 1. The average molecular weight is 356 g/mol. The SMILES string of the molecule is COC(=O)c1ccc(/C=C(/C#N)C(=O)Nc2ccc3ccccc3c2)cc1. The molecule has 0 spiro atoms. The van der Waals surface area contributed by atoms with Crippen molar-refractivity contribution in [3.8, 4) is 6.07 Å². The number of hydrogen-bond donors (Lipinski definition) is 1. The lowest BCUT2D eigenvalue weighted by Crippen LogP contribution is -2.13. The van der Waals surface area contributed by atoms with Crippen LogP contribution in [-0.2, 0) is 9.53 Å². The van der Waals surface area contributed by atoms with E-state index in [1.54, 1.807) is 30.3 Å². The minimum Gasteiger partial charge on any atom is -0.465 e. The van der Waals surface area contributed by atoms with E-state index >= 15 is 0 Å². The number of carbonyl (C=O) groups excluding carboxylic acids is 2. The van der Waals surface area contributed by atoms with Crippen molar-refractivity contribution in [3.63, 3.8) is 0 Å². The van der Waals surface area contributed by atoms with Crippen LogP contribution in [0.25, 0.3) is 16.8 Å². The van der Waals surface area contributed by atoms with Gasteiger partial charge >= 0.3 is 5.97 Å². The predicted octanol–water partition coefficient (Wildman–Crippen LogP) is 4.17. The van der Waals surface area contributed by atoms with E-state index < -0.39 is 11.9 Å². The predicted molar refractivity (Wildman–Crippen MR) is 104 cm³/mol. The van der Waals surface area contributed by atoms with E-state index in [1.165, 1.54) is 13.2 Å². The Hall–Kier alpha value is -3.91. The lowest BCUT2D eigenvalue weighted by molar-refractivity contribution is -0.112. The van der Waals surface area contributed by atoms with Crippen LogP contribution in [0.3, 0.4) is 0 Å². The zero-order chi connectivity index (χ0) is 19.2. The Labute approximate surface area is 156 Å². The molecule has 0 fully saturated rings. The van der Waals surface area contributed by atoms with Gasteiger partial charge in [-0.2, -0.15) is 5.26 Å². The molecular formula is C22H16N2O3. The number of nitriles is 1. The maximum absolute atomic E-state index is 12.4. The molecule has 3 rings (SSSR count). The molecule has 1 amide bonds. The van der Waals surface area contributed by atoms with Crippen molar-refractivity contribution >= 4 is 34.4 Å². The largest absolute Gasteiger partial charge is 0.465 e. The molecule has 0 saturated heterocycles. The molecule has 0 atom stereocenters. The third kappa shape index (κ3) is 4.20. The van der Waals surface area contributed by atoms with E-state index in [4.69, 9.17) is 0 Å². The van der Waals surface area contributed by atoms with E-state index in [0.29, 0.717) is 16.8 Å². The molecule has 0 heterocycles. The van der Waals surface area contributed by atoms with Crippen molar-refractivity contribution in [3.05, 3.63) is 83.4 Å². The molecule has 3 aromatic carbocycles. The first kappa shape index (κ1) is 17.9. The summed E-state index contributed by atoms with van der Waals surface area (Å²) in [4.78, 5) is 23.9. The van der Waals surface area contributed by atoms with Gasteiger partial charge in [-0.1, -0.05) is 42.5 Å². The van der Waals surface area contributed by atoms with E-state index in [2.05, 4.69) is 10.1 Å². The summed E-state index contributed by atoms with van der Waals surface area (Å²) in [5.74, 6) is -0.940. The number of carbonyl (C=O) groups is 2. The Morgan fingerprint density at radius 2 is 1.70 bits per heavy atom. The van der Waals surface area contributed by atoms with Gasteiger partial charge in [0, 0.05) is 5.69 Å². The molecule has 0 aromatic heterocycles. The van der Waals surface area contributed by atoms with Crippen molar-refractivity contribution in [2.24, 2.45) is 0 Å². The number of fused-ring (bicyclic) bond motifs is 1. The molecule has 0 unspecified atom stereocenters. The highest BCUT2D eigenvalue weighted by Crippen LogP contribution is 2.19. The normalized spacial score (nSPS) is 10.9. The van der Waals surface area contributed by atoms with Crippen LogP contribution >= 0.6 is 0 Å². The zero-order valence-corrected chi connectivity index (χ0v) is 14.6. The number of nitrogens with one attached hydrogen (secondary N) is 1. The number of methoxy groups -OCH3 is 1. The molecule has 5 nitrogen and oxygen atoms in total. The first-order chi connectivity index (χ1) is 13.1. The summed E-state index contributed by atoms with van der Waals surface area (Å²) in [6.07, 6.45) is 1.47. The van der Waals surface area contributed by atoms with Crippen molar-refractivity contribution in [2.75, 3.05) is 12.4 Å². The van der Waals surface area contributed by atoms with Crippen LogP contribution in [0.5, 0.6) is 0 Å². The highest BCUT2D eigenvalue weighted by Gasteiger charge is 2.10. The van der Waals surface area contributed by atoms with Gasteiger partial charge in [0.15, 0.2) is 0 Å². The van der Waals surface area contributed by atoms with Crippen LogP contribution in [0.1, 0.15) is 15.9 Å². The standard InChI is InChI=1S/C22H16N2O3/c1-27-22(26)17-8-6-15(7-9-17)12-19(14-23)21(25)24-20-11-10-16-4-2-3-5-18(16)13-20/h2-13H,1H3,(H,24,25)/b19-12-. The average Bonchev–Trinajstić information content (AvgIpc) is 2.71. The van der Waals surface area contributed by atoms with Gasteiger partial charge in [0.25, 0.3) is 5.91 Å². The van der Waals surface area contributed by atoms with E-state index in [-0.39, 0.29) is 5.57 Å². The molecule has 5 heteroatoms. The summed E-state index contributed by atoms with van der Waals surface area (Å²) in [7, 11) is 1.31. The van der Waals surface area contributed by atoms with Crippen LogP contribution in [0.4, 0.5) is 5.69 Å². The quantitative estimate of drug-likeness (QED) is 0.432. The third-order valence-corrected chi connectivity index (χ3v) is 4.02. The van der Waals surface area contributed by atoms with Crippen LogP contribution in [0.15, 0.2) is 72.3 Å². The second-order valence-electron chi connectivity index (χ2n) is 5.80. The van der Waals surface area contributed by atoms with Crippen LogP contribution in [0.2, 0.25) is 0 Å². The molecule has 0 saturated carbocycles. The van der Waals surface area contributed by atoms with Crippen LogP contribution < -0.4 is 5.32 Å². The van der Waals surface area contributed by atoms with E-state index in [1.807, 2.05) is 42.5 Å². The summed E-state index contributed by atoms with van der Waals surface area (Å²) in [5, 5.41) is 14.1. The minimum absolute atomic E-state index is 0.0334. The van der Waals surface area contributed by atoms with E-state index in [0.717, 1.165) is 10.8 Å². The number of hydrogen-bond acceptors (Lipinski definition) is 4. The summed E-state index contributed by atoms with van der Waals surface area (Å²) in [6.45, 7) is 0. The van der Waals surface area contributed by atoms with Crippen LogP contribution in [0, 0.1) is 11.3 Å². The van der Waals surface area contributed by atoms with E-state index in [9.17, 15) is 14.9 Å². The topological polar surface area (TPSA) is 79.2 Å². The lowest BCUT2D eigenvalue weighted by atomic mass is 10.1. The van der Waals surface area contributed by atoms with Crippen LogP contribution in [-0.4, -0.2) is 19.0 Å². The lowest BCUT2D eigenvalue weighted by Gasteiger charge is -2.06. The number of benzene rings is 3. The first-order valence-electron chi connectivity index (χ1n) is 8.21. The van der Waals surface area contributed by atoms with Gasteiger partial charge in [-0.3, -0.25) is 4.79 Å². The third-order valence-electron chi connectivity index (χ3n) is 4.02. The Morgan fingerprint density at radius 3 is 2.37 bits per heavy atom. The number of esters is 1. The number of ether oxygens (including phenoxy) is 1. The zero-order valence-electron chi connectivity index (χ0n) is 14.6. The highest BCUT2D eigenvalue weighted by atomic mass is 16.5. The maximum Gasteiger partial charge on any atom is 0.337 e. The van der Waals surface area contributed by atoms with Crippen molar-refractivity contribution in [1.82, 2.24) is 0 Å². The summed E-state index contributed by atoms with van der Waals surface area (Å²) >= 11 is 0. The monoisotopic (exact) mass is 356 g/mol. The molecule has 1 N–H and O–H groups in total. The number of rotatable bonds is 4. The Bertz CT molecular complexity index is 1080. The molecule has 0 aliphatic carbocycles. The van der Waals surface area contributed by atoms with Gasteiger partial charge in [-0.05, 0) is 46.7 Å². The van der Waals surface area contributed by atoms with Gasteiger partial charge in [0.05, 0.1) is 12.7 Å². The summed E-state index contributed by atoms with van der Waals surface area (Å²) in [5.41, 5.74) is 1.61. The van der Waals surface area contributed by atoms with Crippen molar-refractivity contribution in [1.29, 1.82) is 5.26 Å². The molecule has 132 valence electrons. The highest BCUT2D eigenvalue weighted by molar-refractivity contribution is 6.10. The van der Waals surface area contributed by atoms with Crippen molar-refractivity contribution < 1.29 is 14.3 Å². The number of amides is 1. The number of nitrogens with zero attached hydrogens (tertiary/aromatic N) is 1. The smallest absolute Gasteiger partial charge is 0.337 e. The molecule has 27 heavy (non-hydrogen) atoms. The van der Waals surface area contributed by atoms with Gasteiger partial charge in [-0.15, -0.1) is 0 Å². The second kappa shape index (κ2) is 7.98. The summed E-state index contributed by atoms with van der Waals surface area (Å²) in [6, 6.07) is 21.7. The van der Waals surface area contributed by atoms with Crippen molar-refractivity contribution in [2.45, 2.75) is 0 Å². The molecule has 0 bridgehead atoms. The van der Waals surface area contributed by atoms with Gasteiger partial charge < -0.3 is 10.1 Å². The second-order valence-corrected chi connectivity index (χ2v) is 5.80. The fourth-order valence-corrected chi connectivity index (χ4v) is 2.61. The molecular weight excluding hydrogens is 340 g/mol. The van der Waals surface area contributed by atoms with Gasteiger partial charge in [0.1, 0.15) is 11.6 Å². The molecule has 0 aliphatic rings. The Morgan fingerprint density at radius 1 is 1.00 bits per heavy atom. The Kier molecular flexibility index (Phi) is 5.29.